The van der Waals surface area contributed by atoms with E-state index in [-0.39, 0.29) is 17.6 Å². The molecule has 1 N–H and O–H groups in total. The van der Waals surface area contributed by atoms with E-state index in [1.54, 1.807) is 6.92 Å². The summed E-state index contributed by atoms with van der Waals surface area (Å²) in [7, 11) is 0. The van der Waals surface area contributed by atoms with Crippen LogP contribution >= 0.6 is 0 Å². The fourth-order valence-electron chi connectivity index (χ4n) is 3.67. The molecule has 1 aromatic heterocycles. The van der Waals surface area contributed by atoms with E-state index < -0.39 is 0 Å². The maximum atomic E-state index is 12.6. The van der Waals surface area contributed by atoms with Crippen molar-refractivity contribution < 1.29 is 9.53 Å². The molecule has 28 heavy (non-hydrogen) atoms. The number of benzene rings is 1. The molecule has 6 nitrogen and oxygen atoms in total. The second-order valence-electron chi connectivity index (χ2n) is 7.68. The summed E-state index contributed by atoms with van der Waals surface area (Å²) in [6.07, 6.45) is 2.54. The highest BCUT2D eigenvalue weighted by molar-refractivity contribution is 5.76. The van der Waals surface area contributed by atoms with Crippen LogP contribution in [0.15, 0.2) is 23.0 Å². The molecular weight excluding hydrogens is 354 g/mol. The summed E-state index contributed by atoms with van der Waals surface area (Å²) in [5.74, 6) is 1.62. The third-order valence-corrected chi connectivity index (χ3v) is 5.36. The quantitative estimate of drug-likeness (QED) is 0.861. The van der Waals surface area contributed by atoms with Gasteiger partial charge in [-0.05, 0) is 51.3 Å². The highest BCUT2D eigenvalue weighted by Crippen LogP contribution is 2.24. The summed E-state index contributed by atoms with van der Waals surface area (Å²) in [6.45, 7) is 9.07. The SMILES string of the molecule is Cc1ccc(C)c(OC2CCN(C(=O)CCc3c(C)nc(C)[nH]c3=O)CC2)c1. The number of nitrogens with one attached hydrogen (secondary N) is 1. The van der Waals surface area contributed by atoms with Gasteiger partial charge in [-0.15, -0.1) is 0 Å². The fraction of sp³-hybridized carbons (Fsp3) is 0.500. The number of nitrogens with zero attached hydrogens (tertiary/aromatic N) is 2. The molecule has 0 bridgehead atoms. The summed E-state index contributed by atoms with van der Waals surface area (Å²) in [6, 6.07) is 6.23. The van der Waals surface area contributed by atoms with Crippen LogP contribution in [0.3, 0.4) is 0 Å². The minimum Gasteiger partial charge on any atom is -0.490 e. The van der Waals surface area contributed by atoms with Crippen LogP contribution < -0.4 is 10.3 Å². The van der Waals surface area contributed by atoms with Crippen molar-refractivity contribution in [2.75, 3.05) is 13.1 Å². The molecule has 0 radical (unpaired) electrons. The van der Waals surface area contributed by atoms with E-state index in [1.165, 1.54) is 5.56 Å². The normalized spacial score (nSPS) is 14.9. The highest BCUT2D eigenvalue weighted by Gasteiger charge is 2.24. The number of carbonyl (C=O) groups is 1. The van der Waals surface area contributed by atoms with Crippen molar-refractivity contribution >= 4 is 5.91 Å². The lowest BCUT2D eigenvalue weighted by Gasteiger charge is -2.32. The predicted octanol–water partition coefficient (Wildman–Crippen LogP) is 3.01. The zero-order valence-electron chi connectivity index (χ0n) is 17.2. The summed E-state index contributed by atoms with van der Waals surface area (Å²) in [4.78, 5) is 33.5. The number of rotatable bonds is 5. The average Bonchev–Trinajstić information content (AvgIpc) is 2.64. The van der Waals surface area contributed by atoms with Crippen LogP contribution in [0.4, 0.5) is 0 Å². The standard InChI is InChI=1S/C22H29N3O3/c1-14-5-6-15(2)20(13-14)28-18-9-11-25(12-10-18)21(26)8-7-19-16(3)23-17(4)24-22(19)27/h5-6,13,18H,7-12H2,1-4H3,(H,23,24,27). The van der Waals surface area contributed by atoms with Crippen molar-refractivity contribution in [1.82, 2.24) is 14.9 Å². The molecule has 0 atom stereocenters. The Morgan fingerprint density at radius 2 is 1.93 bits per heavy atom. The molecule has 1 fully saturated rings. The van der Waals surface area contributed by atoms with E-state index in [0.29, 0.717) is 43.0 Å². The maximum absolute atomic E-state index is 12.6. The summed E-state index contributed by atoms with van der Waals surface area (Å²) < 4.78 is 6.18. The highest BCUT2D eigenvalue weighted by atomic mass is 16.5. The van der Waals surface area contributed by atoms with Gasteiger partial charge < -0.3 is 14.6 Å². The number of aryl methyl sites for hydroxylation is 4. The maximum Gasteiger partial charge on any atom is 0.254 e. The van der Waals surface area contributed by atoms with Crippen molar-refractivity contribution in [2.45, 2.75) is 59.5 Å². The Hall–Kier alpha value is -2.63. The van der Waals surface area contributed by atoms with Crippen molar-refractivity contribution in [2.24, 2.45) is 0 Å². The molecule has 0 spiro atoms. The number of hydrogen-bond donors (Lipinski definition) is 1. The Kier molecular flexibility index (Phi) is 6.17. The van der Waals surface area contributed by atoms with E-state index in [2.05, 4.69) is 42.0 Å². The largest absolute Gasteiger partial charge is 0.490 e. The van der Waals surface area contributed by atoms with Gasteiger partial charge in [0.15, 0.2) is 0 Å². The summed E-state index contributed by atoms with van der Waals surface area (Å²) in [5, 5.41) is 0. The second-order valence-corrected chi connectivity index (χ2v) is 7.68. The van der Waals surface area contributed by atoms with Gasteiger partial charge in [0.2, 0.25) is 5.91 Å². The smallest absolute Gasteiger partial charge is 0.254 e. The number of carbonyl (C=O) groups excluding carboxylic acids is 1. The summed E-state index contributed by atoms with van der Waals surface area (Å²) in [5.41, 5.74) is 3.49. The summed E-state index contributed by atoms with van der Waals surface area (Å²) >= 11 is 0. The molecule has 2 heterocycles. The lowest BCUT2D eigenvalue weighted by molar-refractivity contribution is -0.132. The van der Waals surface area contributed by atoms with Gasteiger partial charge in [-0.1, -0.05) is 12.1 Å². The first-order chi connectivity index (χ1) is 13.3. The first kappa shape index (κ1) is 20.1. The number of H-pyrrole nitrogens is 1. The molecule has 1 aromatic carbocycles. The van der Waals surface area contributed by atoms with E-state index in [0.717, 1.165) is 24.2 Å². The van der Waals surface area contributed by atoms with E-state index >= 15 is 0 Å². The number of aromatic amines is 1. The third kappa shape index (κ3) is 4.80. The fourth-order valence-corrected chi connectivity index (χ4v) is 3.67. The van der Waals surface area contributed by atoms with Crippen LogP contribution in [-0.4, -0.2) is 40.0 Å². The number of piperidine rings is 1. The van der Waals surface area contributed by atoms with Gasteiger partial charge in [-0.3, -0.25) is 9.59 Å². The number of likely N-dealkylation sites (tertiary alicyclic amines) is 1. The van der Waals surface area contributed by atoms with Gasteiger partial charge in [0.1, 0.15) is 17.7 Å². The Morgan fingerprint density at radius 1 is 1.21 bits per heavy atom. The first-order valence-corrected chi connectivity index (χ1v) is 9.91. The van der Waals surface area contributed by atoms with Crippen LogP contribution in [0.1, 0.15) is 47.5 Å². The van der Waals surface area contributed by atoms with Gasteiger partial charge >= 0.3 is 0 Å². The van der Waals surface area contributed by atoms with Gasteiger partial charge in [-0.2, -0.15) is 0 Å². The lowest BCUT2D eigenvalue weighted by atomic mass is 10.0. The molecule has 0 saturated carbocycles. The Morgan fingerprint density at radius 3 is 2.61 bits per heavy atom. The molecule has 150 valence electrons. The molecule has 1 saturated heterocycles. The Balaban J connectivity index is 1.51. The zero-order chi connectivity index (χ0) is 20.3. The minimum atomic E-state index is -0.140. The van der Waals surface area contributed by atoms with E-state index in [1.807, 2.05) is 11.8 Å². The van der Waals surface area contributed by atoms with E-state index in [9.17, 15) is 9.59 Å². The minimum absolute atomic E-state index is 0.0876. The van der Waals surface area contributed by atoms with Crippen LogP contribution in [0.25, 0.3) is 0 Å². The monoisotopic (exact) mass is 383 g/mol. The van der Waals surface area contributed by atoms with Crippen LogP contribution in [0.2, 0.25) is 0 Å². The molecule has 2 aromatic rings. The van der Waals surface area contributed by atoms with Crippen molar-refractivity contribution in [1.29, 1.82) is 0 Å². The molecule has 1 aliphatic heterocycles. The van der Waals surface area contributed by atoms with Gasteiger partial charge in [0.05, 0.1) is 0 Å². The molecule has 6 heteroatoms. The predicted molar refractivity (Wildman–Crippen MR) is 109 cm³/mol. The molecule has 0 aliphatic carbocycles. The first-order valence-electron chi connectivity index (χ1n) is 9.91. The topological polar surface area (TPSA) is 75.3 Å². The van der Waals surface area contributed by atoms with Crippen LogP contribution in [0.5, 0.6) is 5.75 Å². The van der Waals surface area contributed by atoms with Crippen LogP contribution in [0, 0.1) is 27.7 Å². The average molecular weight is 383 g/mol. The molecule has 1 aliphatic rings. The Labute approximate surface area is 165 Å². The third-order valence-electron chi connectivity index (χ3n) is 5.36. The van der Waals surface area contributed by atoms with Crippen LogP contribution in [-0.2, 0) is 11.2 Å². The molecule has 1 amide bonds. The lowest BCUT2D eigenvalue weighted by Crippen LogP contribution is -2.42. The Bertz CT molecular complexity index is 912. The van der Waals surface area contributed by atoms with Crippen molar-refractivity contribution in [3.63, 3.8) is 0 Å². The zero-order valence-corrected chi connectivity index (χ0v) is 17.2. The molecule has 0 unspecified atom stereocenters. The van der Waals surface area contributed by atoms with Gasteiger partial charge in [0.25, 0.3) is 5.56 Å². The van der Waals surface area contributed by atoms with Crippen molar-refractivity contribution in [3.05, 3.63) is 56.8 Å². The molecule has 3 rings (SSSR count). The van der Waals surface area contributed by atoms with Gasteiger partial charge in [0, 0.05) is 43.6 Å². The number of ether oxygens (including phenoxy) is 1. The number of aromatic nitrogens is 2. The van der Waals surface area contributed by atoms with Gasteiger partial charge in [-0.25, -0.2) is 4.98 Å². The van der Waals surface area contributed by atoms with E-state index in [4.69, 9.17) is 4.74 Å². The second kappa shape index (κ2) is 8.59. The molecular formula is C22H29N3O3. The van der Waals surface area contributed by atoms with Crippen molar-refractivity contribution in [3.8, 4) is 5.75 Å². The number of hydrogen-bond acceptors (Lipinski definition) is 4. The number of amides is 1.